The van der Waals surface area contributed by atoms with Crippen LogP contribution in [0, 0.1) is 0 Å². The van der Waals surface area contributed by atoms with Crippen LogP contribution in [0.5, 0.6) is 0 Å². The first-order valence-electron chi connectivity index (χ1n) is 13.1. The molecule has 1 nitrogen and oxygen atoms in total. The summed E-state index contributed by atoms with van der Waals surface area (Å²) in [6, 6.07) is 0. The first-order valence-corrected chi connectivity index (χ1v) is 24.2. The Kier molecular flexibility index (Phi) is 16.8. The fourth-order valence-electron chi connectivity index (χ4n) is 4.67. The first-order chi connectivity index (χ1) is 13.7. The topological polar surface area (TPSA) is 9.23 Å². The van der Waals surface area contributed by atoms with Gasteiger partial charge in [0.25, 0.3) is 0 Å². The fraction of sp³-hybridized carbons (Fsp3) is 0.923. The van der Waals surface area contributed by atoms with Gasteiger partial charge in [0.05, 0.1) is 0 Å². The second-order valence-electron chi connectivity index (χ2n) is 10.5. The van der Waals surface area contributed by atoms with Crippen molar-refractivity contribution in [2.75, 3.05) is 0 Å². The predicted molar refractivity (Wildman–Crippen MR) is 140 cm³/mol. The van der Waals surface area contributed by atoms with E-state index >= 15 is 0 Å². The maximum absolute atomic E-state index is 6.89. The van der Waals surface area contributed by atoms with Crippen molar-refractivity contribution in [3.8, 4) is 0 Å². The molecule has 1 unspecified atom stereocenters. The minimum atomic E-state index is -2.17. The van der Waals surface area contributed by atoms with Crippen LogP contribution in [0.25, 0.3) is 0 Å². The molecule has 0 heterocycles. The van der Waals surface area contributed by atoms with E-state index in [0.29, 0.717) is 0 Å². The van der Waals surface area contributed by atoms with Gasteiger partial charge in [-0.3, -0.25) is 0 Å². The molecule has 0 aromatic carbocycles. The monoisotopic (exact) mass is 532 g/mol. The molecule has 0 saturated carbocycles. The van der Waals surface area contributed by atoms with Crippen LogP contribution in [0.3, 0.4) is 0 Å². The van der Waals surface area contributed by atoms with Gasteiger partial charge >= 0.3 is 192 Å². The van der Waals surface area contributed by atoms with Gasteiger partial charge in [0.15, 0.2) is 0 Å². The van der Waals surface area contributed by atoms with Crippen LogP contribution in [0.2, 0.25) is 33.0 Å². The molecule has 174 valence electrons. The van der Waals surface area contributed by atoms with Crippen molar-refractivity contribution >= 4 is 26.7 Å². The van der Waals surface area contributed by atoms with E-state index in [4.69, 9.17) is 4.43 Å². The second-order valence-corrected chi connectivity index (χ2v) is 27.9. The third-order valence-electron chi connectivity index (χ3n) is 6.45. The van der Waals surface area contributed by atoms with Crippen LogP contribution in [-0.2, 0) is 4.43 Å². The Hall–Kier alpha value is 0.716. The van der Waals surface area contributed by atoms with E-state index < -0.39 is 26.7 Å². The van der Waals surface area contributed by atoms with Crippen molar-refractivity contribution in [2.45, 2.75) is 150 Å². The Morgan fingerprint density at radius 2 is 1.21 bits per heavy atom. The van der Waals surface area contributed by atoms with Crippen molar-refractivity contribution in [1.29, 1.82) is 0 Å². The average Bonchev–Trinajstić information content (AvgIpc) is 2.67. The van der Waals surface area contributed by atoms with E-state index in [9.17, 15) is 0 Å². The van der Waals surface area contributed by atoms with Crippen molar-refractivity contribution in [3.05, 3.63) is 10.2 Å². The number of hydrogen-bond acceptors (Lipinski definition) is 1. The van der Waals surface area contributed by atoms with E-state index in [1.807, 2.05) is 0 Å². The van der Waals surface area contributed by atoms with Gasteiger partial charge in [-0.25, -0.2) is 0 Å². The van der Waals surface area contributed by atoms with E-state index in [1.54, 1.807) is 13.3 Å². The van der Waals surface area contributed by atoms with E-state index in [0.717, 1.165) is 12.8 Å². The van der Waals surface area contributed by atoms with Gasteiger partial charge in [0.2, 0.25) is 0 Å². The zero-order chi connectivity index (χ0) is 22.2. The quantitative estimate of drug-likeness (QED) is 0.119. The predicted octanol–water partition coefficient (Wildman–Crippen LogP) is 9.90. The normalized spacial score (nSPS) is 15.2. The van der Waals surface area contributed by atoms with Gasteiger partial charge in [-0.05, 0) is 0 Å². The van der Waals surface area contributed by atoms with Crippen molar-refractivity contribution < 1.29 is 4.43 Å². The molecule has 29 heavy (non-hydrogen) atoms. The van der Waals surface area contributed by atoms with Gasteiger partial charge < -0.3 is 0 Å². The Morgan fingerprint density at radius 3 is 1.59 bits per heavy atom. The molecule has 0 radical (unpaired) electrons. The van der Waals surface area contributed by atoms with Gasteiger partial charge in [0.1, 0.15) is 0 Å². The molecule has 0 aliphatic heterocycles. The summed E-state index contributed by atoms with van der Waals surface area (Å²) in [4.78, 5) is 0. The summed E-state index contributed by atoms with van der Waals surface area (Å²) in [5, 5.41) is 0. The Balaban J connectivity index is 5.51. The summed E-state index contributed by atoms with van der Waals surface area (Å²) >= 11 is -2.17. The Labute approximate surface area is 190 Å². The molecule has 3 heteroatoms. The van der Waals surface area contributed by atoms with Gasteiger partial charge in [-0.15, -0.1) is 0 Å². The molecular formula is C26H56OSiSn. The second kappa shape index (κ2) is 16.4. The van der Waals surface area contributed by atoms with Crippen LogP contribution in [0.15, 0.2) is 10.2 Å². The molecule has 0 aromatic rings. The molecule has 0 rings (SSSR count). The standard InChI is InChI=1S/C14H29OSi.3C4H9.Sn/c1-7-10-11-13-14(9-3,12-8-2)15-16(4,5)6;3*1-3-4-2;/h2,8H,7,9-13H2,1,3-6H3;3*1,3-4H2,2H3;. The number of rotatable bonds is 19. The molecular weight excluding hydrogens is 475 g/mol. The minimum absolute atomic E-state index is 0.0913. The van der Waals surface area contributed by atoms with Crippen LogP contribution in [-0.4, -0.2) is 32.3 Å². The third kappa shape index (κ3) is 13.7. The number of hydrogen-bond donors (Lipinski definition) is 0. The summed E-state index contributed by atoms with van der Waals surface area (Å²) in [5.41, 5.74) is 0.0913. The molecule has 0 aliphatic rings. The van der Waals surface area contributed by atoms with Crippen LogP contribution >= 0.6 is 0 Å². The third-order valence-corrected chi connectivity index (χ3v) is 21.7. The first kappa shape index (κ1) is 29.7. The molecule has 0 spiro atoms. The van der Waals surface area contributed by atoms with Crippen LogP contribution < -0.4 is 0 Å². The van der Waals surface area contributed by atoms with E-state index in [-0.39, 0.29) is 5.60 Å². The summed E-state index contributed by atoms with van der Waals surface area (Å²) in [6.07, 6.45) is 18.6. The SMILES string of the molecule is CCCCCC(CC)(C/C=[CH]/[Sn]([CH2]CCC)([CH2]CCC)[CH2]CCC)O[Si](C)(C)C. The molecule has 0 aliphatic carbocycles. The Morgan fingerprint density at radius 1 is 0.724 bits per heavy atom. The van der Waals surface area contributed by atoms with Gasteiger partial charge in [-0.2, -0.15) is 0 Å². The summed E-state index contributed by atoms with van der Waals surface area (Å²) in [5.74, 6) is 0. The molecule has 0 aromatic heterocycles. The van der Waals surface area contributed by atoms with Crippen molar-refractivity contribution in [3.63, 3.8) is 0 Å². The zero-order valence-corrected chi connectivity index (χ0v) is 25.5. The van der Waals surface area contributed by atoms with Crippen molar-refractivity contribution in [1.82, 2.24) is 0 Å². The molecule has 0 saturated heterocycles. The molecule has 0 fully saturated rings. The molecule has 0 amide bonds. The van der Waals surface area contributed by atoms with E-state index in [2.05, 4.69) is 64.4 Å². The van der Waals surface area contributed by atoms with Crippen LogP contribution in [0.4, 0.5) is 0 Å². The summed E-state index contributed by atoms with van der Waals surface area (Å²) in [6.45, 7) is 18.9. The van der Waals surface area contributed by atoms with Crippen LogP contribution in [0.1, 0.15) is 112 Å². The van der Waals surface area contributed by atoms with Crippen molar-refractivity contribution in [2.24, 2.45) is 0 Å². The summed E-state index contributed by atoms with van der Waals surface area (Å²) in [7, 11) is -1.55. The average molecular weight is 532 g/mol. The molecule has 0 bridgehead atoms. The van der Waals surface area contributed by atoms with Gasteiger partial charge in [-0.1, -0.05) is 0 Å². The Bertz CT molecular complexity index is 394. The number of unbranched alkanes of at least 4 members (excludes halogenated alkanes) is 5. The molecule has 0 N–H and O–H groups in total. The van der Waals surface area contributed by atoms with E-state index in [1.165, 1.54) is 64.2 Å². The van der Waals surface area contributed by atoms with Gasteiger partial charge in [0, 0.05) is 0 Å². The summed E-state index contributed by atoms with van der Waals surface area (Å²) < 4.78 is 14.5. The fourth-order valence-corrected chi connectivity index (χ4v) is 20.7. The zero-order valence-electron chi connectivity index (χ0n) is 21.7. The maximum atomic E-state index is 6.89. The molecule has 1 atom stereocenters.